The number of fused-ring (bicyclic) bond motifs is 1. The van der Waals surface area contributed by atoms with Gasteiger partial charge >= 0.3 is 17.9 Å². The molecule has 0 spiro atoms. The van der Waals surface area contributed by atoms with Gasteiger partial charge in [-0.1, -0.05) is 77.0 Å². The van der Waals surface area contributed by atoms with E-state index in [0.717, 1.165) is 36.6 Å². The molecule has 2 rings (SSSR count). The van der Waals surface area contributed by atoms with Crippen LogP contribution in [0.25, 0.3) is 10.9 Å². The lowest BCUT2D eigenvalue weighted by atomic mass is 10.0. The lowest BCUT2D eigenvalue weighted by molar-refractivity contribution is -0.138. The highest BCUT2D eigenvalue weighted by molar-refractivity contribution is 5.83. The summed E-state index contributed by atoms with van der Waals surface area (Å²) >= 11 is 0. The Labute approximate surface area is 213 Å². The van der Waals surface area contributed by atoms with E-state index in [-0.39, 0.29) is 12.2 Å². The van der Waals surface area contributed by atoms with Crippen LogP contribution < -0.4 is 0 Å². The molecule has 0 radical (unpaired) electrons. The number of carboxylic acids is 3. The van der Waals surface area contributed by atoms with Crippen LogP contribution in [-0.4, -0.2) is 43.3 Å². The second-order valence-corrected chi connectivity index (χ2v) is 9.37. The molecule has 8 heteroatoms. The van der Waals surface area contributed by atoms with Crippen LogP contribution in [0.5, 0.6) is 5.75 Å². The quantitative estimate of drug-likeness (QED) is 0.130. The maximum Gasteiger partial charge on any atom is 0.309 e. The Bertz CT molecular complexity index is 878. The molecule has 1 heterocycles. The van der Waals surface area contributed by atoms with E-state index in [1.54, 1.807) is 24.3 Å². The van der Waals surface area contributed by atoms with Gasteiger partial charge in [0.25, 0.3) is 0 Å². The Kier molecular flexibility index (Phi) is 16.5. The molecule has 1 aromatic heterocycles. The monoisotopic (exact) mass is 505 g/mol. The smallest absolute Gasteiger partial charge is 0.309 e. The molecule has 0 saturated heterocycles. The fourth-order valence-electron chi connectivity index (χ4n) is 4.11. The summed E-state index contributed by atoms with van der Waals surface area (Å²) in [6, 6.07) is 6.60. The van der Waals surface area contributed by atoms with Crippen molar-refractivity contribution in [2.24, 2.45) is 0 Å². The summed E-state index contributed by atoms with van der Waals surface area (Å²) < 4.78 is 0. The minimum Gasteiger partial charge on any atom is -0.508 e. The normalized spacial score (nSPS) is 10.7. The molecule has 5 N–H and O–H groups in total. The standard InChI is InChI=1S/C18H34O4.C10H9NO3/c19-17(20)15-13-11-9-7-5-3-1-2-4-6-8-10-12-14-16-18(21)22;12-8-1-2-9-6(4-8)3-7(11-9)5-10(13)14/h1-16H2,(H,19,20)(H,21,22);1-4,11-12H,5H2,(H,13,14). The van der Waals surface area contributed by atoms with Crippen molar-refractivity contribution in [1.29, 1.82) is 0 Å². The maximum atomic E-state index is 10.4. The van der Waals surface area contributed by atoms with E-state index < -0.39 is 17.9 Å². The fraction of sp³-hybridized carbons (Fsp3) is 0.607. The van der Waals surface area contributed by atoms with Crippen LogP contribution in [0.4, 0.5) is 0 Å². The van der Waals surface area contributed by atoms with Gasteiger partial charge in [0.15, 0.2) is 0 Å². The third-order valence-corrected chi connectivity index (χ3v) is 6.03. The predicted octanol–water partition coefficient (Wildman–Crippen LogP) is 6.90. The SMILES string of the molecule is O=C(O)CCCCCCCCCCCCCCCCC(=O)O.O=C(O)Cc1cc2cc(O)ccc2[nH]1. The first-order valence-electron chi connectivity index (χ1n) is 13.2. The summed E-state index contributed by atoms with van der Waals surface area (Å²) in [7, 11) is 0. The number of hydrogen-bond donors (Lipinski definition) is 5. The van der Waals surface area contributed by atoms with Gasteiger partial charge < -0.3 is 25.4 Å². The first-order valence-corrected chi connectivity index (χ1v) is 13.2. The molecule has 36 heavy (non-hydrogen) atoms. The van der Waals surface area contributed by atoms with Crippen LogP contribution in [0.1, 0.15) is 108 Å². The highest BCUT2D eigenvalue weighted by atomic mass is 16.4. The lowest BCUT2D eigenvalue weighted by Gasteiger charge is -2.03. The molecular weight excluding hydrogens is 462 g/mol. The molecule has 0 bridgehead atoms. The fourth-order valence-corrected chi connectivity index (χ4v) is 4.11. The molecule has 8 nitrogen and oxygen atoms in total. The number of phenols is 1. The number of aromatic nitrogens is 1. The average molecular weight is 506 g/mol. The zero-order chi connectivity index (χ0) is 26.6. The summed E-state index contributed by atoms with van der Waals surface area (Å²) in [5, 5.41) is 35.6. The zero-order valence-corrected chi connectivity index (χ0v) is 21.3. The number of aromatic amines is 1. The minimum atomic E-state index is -0.874. The first kappa shape index (κ1) is 31.0. The second-order valence-electron chi connectivity index (χ2n) is 9.37. The Morgan fingerprint density at radius 2 is 1.00 bits per heavy atom. The Hall–Kier alpha value is -3.03. The van der Waals surface area contributed by atoms with Crippen molar-refractivity contribution in [3.05, 3.63) is 30.0 Å². The molecular formula is C28H43NO7. The number of nitrogens with one attached hydrogen (secondary N) is 1. The molecule has 0 aliphatic heterocycles. The number of aliphatic carboxylic acids is 3. The van der Waals surface area contributed by atoms with E-state index in [0.29, 0.717) is 18.5 Å². The molecule has 0 fully saturated rings. The third kappa shape index (κ3) is 16.6. The van der Waals surface area contributed by atoms with Crippen LogP contribution in [0.15, 0.2) is 24.3 Å². The van der Waals surface area contributed by atoms with Gasteiger partial charge in [-0.2, -0.15) is 0 Å². The Morgan fingerprint density at radius 3 is 1.39 bits per heavy atom. The second kappa shape index (κ2) is 19.2. The van der Waals surface area contributed by atoms with E-state index in [1.165, 1.54) is 64.2 Å². The van der Waals surface area contributed by atoms with Gasteiger partial charge in [-0.05, 0) is 37.1 Å². The van der Waals surface area contributed by atoms with E-state index in [1.807, 2.05) is 0 Å². The molecule has 1 aromatic carbocycles. The maximum absolute atomic E-state index is 10.4. The Morgan fingerprint density at radius 1 is 0.583 bits per heavy atom. The predicted molar refractivity (Wildman–Crippen MR) is 140 cm³/mol. The number of unbranched alkanes of at least 4 members (excludes halogenated alkanes) is 13. The van der Waals surface area contributed by atoms with Crippen molar-refractivity contribution >= 4 is 28.8 Å². The van der Waals surface area contributed by atoms with E-state index in [9.17, 15) is 19.5 Å². The van der Waals surface area contributed by atoms with Gasteiger partial charge in [-0.3, -0.25) is 14.4 Å². The van der Waals surface area contributed by atoms with Crippen LogP contribution in [0, 0.1) is 0 Å². The largest absolute Gasteiger partial charge is 0.508 e. The minimum absolute atomic E-state index is 0.0323. The number of carboxylic acid groups (broad SMARTS) is 3. The third-order valence-electron chi connectivity index (χ3n) is 6.03. The van der Waals surface area contributed by atoms with Crippen molar-refractivity contribution in [2.45, 2.75) is 109 Å². The molecule has 2 aromatic rings. The highest BCUT2D eigenvalue weighted by Gasteiger charge is 2.05. The highest BCUT2D eigenvalue weighted by Crippen LogP contribution is 2.20. The van der Waals surface area contributed by atoms with Gasteiger partial charge in [-0.25, -0.2) is 0 Å². The molecule has 0 aliphatic rings. The number of H-pyrrole nitrogens is 1. The average Bonchev–Trinajstić information content (AvgIpc) is 3.19. The van der Waals surface area contributed by atoms with Crippen molar-refractivity contribution in [3.63, 3.8) is 0 Å². The van der Waals surface area contributed by atoms with Gasteiger partial charge in [0, 0.05) is 29.4 Å². The van der Waals surface area contributed by atoms with Gasteiger partial charge in [0.1, 0.15) is 5.75 Å². The summed E-state index contributed by atoms with van der Waals surface area (Å²) in [6.07, 6.45) is 17.0. The zero-order valence-electron chi connectivity index (χ0n) is 21.3. The number of carbonyl (C=O) groups is 3. The molecule has 0 unspecified atom stereocenters. The van der Waals surface area contributed by atoms with Crippen LogP contribution >= 0.6 is 0 Å². The molecule has 202 valence electrons. The molecule has 0 saturated carbocycles. The van der Waals surface area contributed by atoms with Crippen LogP contribution in [0.3, 0.4) is 0 Å². The lowest BCUT2D eigenvalue weighted by Crippen LogP contribution is -1.99. The van der Waals surface area contributed by atoms with Crippen molar-refractivity contribution < 1.29 is 34.8 Å². The number of rotatable bonds is 19. The van der Waals surface area contributed by atoms with E-state index in [4.69, 9.17) is 15.3 Å². The number of benzene rings is 1. The number of phenolic OH excluding ortho intramolecular Hbond substituents is 1. The van der Waals surface area contributed by atoms with Gasteiger partial charge in [0.05, 0.1) is 6.42 Å². The summed E-state index contributed by atoms with van der Waals surface area (Å²) in [5.41, 5.74) is 1.47. The van der Waals surface area contributed by atoms with Crippen molar-refractivity contribution in [2.75, 3.05) is 0 Å². The Balaban J connectivity index is 0.000000393. The van der Waals surface area contributed by atoms with E-state index in [2.05, 4.69) is 4.98 Å². The molecule has 0 atom stereocenters. The molecule has 0 amide bonds. The topological polar surface area (TPSA) is 148 Å². The van der Waals surface area contributed by atoms with Crippen LogP contribution in [0.2, 0.25) is 0 Å². The van der Waals surface area contributed by atoms with E-state index >= 15 is 0 Å². The first-order chi connectivity index (χ1) is 17.3. The summed E-state index contributed by atoms with van der Waals surface area (Å²) in [5.74, 6) is -2.05. The molecule has 0 aliphatic carbocycles. The van der Waals surface area contributed by atoms with Crippen LogP contribution in [-0.2, 0) is 20.8 Å². The summed E-state index contributed by atoms with van der Waals surface area (Å²) in [6.45, 7) is 0. The van der Waals surface area contributed by atoms with Crippen molar-refractivity contribution in [3.8, 4) is 5.75 Å². The van der Waals surface area contributed by atoms with Crippen molar-refractivity contribution in [1.82, 2.24) is 4.98 Å². The number of hydrogen-bond acceptors (Lipinski definition) is 4. The van der Waals surface area contributed by atoms with Gasteiger partial charge in [-0.15, -0.1) is 0 Å². The summed E-state index contributed by atoms with van der Waals surface area (Å²) in [4.78, 5) is 34.1. The number of aromatic hydroxyl groups is 1. The van der Waals surface area contributed by atoms with Gasteiger partial charge in [0.2, 0.25) is 0 Å².